The lowest BCUT2D eigenvalue weighted by Crippen LogP contribution is -2.53. The van der Waals surface area contributed by atoms with Gasteiger partial charge in [0.15, 0.2) is 0 Å². The van der Waals surface area contributed by atoms with Gasteiger partial charge in [0.25, 0.3) is 5.91 Å². The van der Waals surface area contributed by atoms with Gasteiger partial charge in [0, 0.05) is 26.2 Å². The smallest absolute Gasteiger partial charge is 0.266 e. The highest BCUT2D eigenvalue weighted by atomic mass is 16.7. The van der Waals surface area contributed by atoms with Crippen LogP contribution in [0.1, 0.15) is 11.1 Å². The van der Waals surface area contributed by atoms with Gasteiger partial charge in [-0.2, -0.15) is 0 Å². The Morgan fingerprint density at radius 2 is 1.85 bits per heavy atom. The summed E-state index contributed by atoms with van der Waals surface area (Å²) in [5.74, 6) is 1.05. The number of aryl methyl sites for hydroxylation is 1. The molecule has 2 fully saturated rings. The molecule has 0 saturated carbocycles. The van der Waals surface area contributed by atoms with Gasteiger partial charge in [0.2, 0.25) is 0 Å². The van der Waals surface area contributed by atoms with Gasteiger partial charge in [-0.1, -0.05) is 29.8 Å². The van der Waals surface area contributed by atoms with Crippen molar-refractivity contribution in [3.05, 3.63) is 53.7 Å². The number of hydrogen-bond donors (Lipinski definition) is 1. The summed E-state index contributed by atoms with van der Waals surface area (Å²) < 4.78 is 0. The molecule has 7 nitrogen and oxygen atoms in total. The van der Waals surface area contributed by atoms with E-state index in [-0.39, 0.29) is 17.7 Å². The molecule has 1 unspecified atom stereocenters. The summed E-state index contributed by atoms with van der Waals surface area (Å²) in [6.07, 6.45) is 1.46. The minimum absolute atomic E-state index is 0.0341. The van der Waals surface area contributed by atoms with Gasteiger partial charge in [-0.3, -0.25) is 14.5 Å². The third-order valence-electron chi connectivity index (χ3n) is 5.18. The minimum Gasteiger partial charge on any atom is -0.506 e. The molecule has 1 N–H and O–H groups in total. The van der Waals surface area contributed by atoms with Crippen LogP contribution in [0.3, 0.4) is 0 Å². The fourth-order valence-corrected chi connectivity index (χ4v) is 3.53. The summed E-state index contributed by atoms with van der Waals surface area (Å²) in [5.41, 5.74) is 2.27. The Kier molecular flexibility index (Phi) is 4.96. The van der Waals surface area contributed by atoms with Crippen LogP contribution in [0.25, 0.3) is 0 Å². The molecule has 3 heterocycles. The summed E-state index contributed by atoms with van der Waals surface area (Å²) >= 11 is 0. The number of hydroxylamine groups is 2. The van der Waals surface area contributed by atoms with Crippen LogP contribution in [0.4, 0.5) is 5.82 Å². The van der Waals surface area contributed by atoms with Crippen molar-refractivity contribution in [1.82, 2.24) is 14.9 Å². The van der Waals surface area contributed by atoms with Crippen molar-refractivity contribution >= 4 is 11.7 Å². The lowest BCUT2D eigenvalue weighted by Gasteiger charge is -2.37. The molecule has 27 heavy (non-hydrogen) atoms. The van der Waals surface area contributed by atoms with Crippen molar-refractivity contribution in [3.63, 3.8) is 0 Å². The Balaban J connectivity index is 1.33. The summed E-state index contributed by atoms with van der Waals surface area (Å²) in [6, 6.07) is 11.4. The van der Waals surface area contributed by atoms with Crippen LogP contribution in [0, 0.1) is 6.92 Å². The maximum atomic E-state index is 12.8. The Labute approximate surface area is 158 Å². The molecule has 1 atom stereocenters. The first-order valence-electron chi connectivity index (χ1n) is 9.24. The number of amides is 1. The molecule has 2 aliphatic rings. The van der Waals surface area contributed by atoms with E-state index in [1.54, 1.807) is 6.07 Å². The zero-order chi connectivity index (χ0) is 18.8. The Morgan fingerprint density at radius 1 is 1.11 bits per heavy atom. The van der Waals surface area contributed by atoms with Crippen molar-refractivity contribution < 1.29 is 14.7 Å². The van der Waals surface area contributed by atoms with Crippen LogP contribution in [0.15, 0.2) is 42.6 Å². The number of benzene rings is 1. The summed E-state index contributed by atoms with van der Waals surface area (Å²) in [7, 11) is 0. The number of hydrogen-bond acceptors (Lipinski definition) is 6. The zero-order valence-corrected chi connectivity index (χ0v) is 15.4. The number of nitrogens with zero attached hydrogens (tertiary/aromatic N) is 4. The number of aromatic nitrogens is 1. The topological polar surface area (TPSA) is 69.1 Å². The largest absolute Gasteiger partial charge is 0.506 e. The quantitative estimate of drug-likeness (QED) is 0.883. The highest BCUT2D eigenvalue weighted by Gasteiger charge is 2.38. The Hall–Kier alpha value is -2.64. The van der Waals surface area contributed by atoms with E-state index in [0.717, 1.165) is 37.6 Å². The predicted molar refractivity (Wildman–Crippen MR) is 101 cm³/mol. The van der Waals surface area contributed by atoms with Crippen molar-refractivity contribution in [2.75, 3.05) is 37.7 Å². The van der Waals surface area contributed by atoms with E-state index in [1.807, 2.05) is 37.3 Å². The molecule has 0 spiro atoms. The molecule has 1 amide bonds. The van der Waals surface area contributed by atoms with E-state index in [4.69, 9.17) is 4.84 Å². The van der Waals surface area contributed by atoms with Gasteiger partial charge >= 0.3 is 0 Å². The number of carbonyl (C=O) groups excluding carboxylic acids is 1. The van der Waals surface area contributed by atoms with E-state index < -0.39 is 0 Å². The van der Waals surface area contributed by atoms with Crippen LogP contribution in [0.5, 0.6) is 5.75 Å². The molecular weight excluding hydrogens is 344 g/mol. The molecule has 4 rings (SSSR count). The third kappa shape index (κ3) is 3.89. The van der Waals surface area contributed by atoms with Crippen molar-refractivity contribution in [2.45, 2.75) is 19.5 Å². The molecule has 2 aromatic rings. The summed E-state index contributed by atoms with van der Waals surface area (Å²) in [5, 5.41) is 10.9. The molecule has 0 aliphatic carbocycles. The Bertz CT molecular complexity index is 786. The van der Waals surface area contributed by atoms with Crippen LogP contribution in [-0.2, 0) is 16.2 Å². The van der Waals surface area contributed by atoms with Crippen LogP contribution >= 0.6 is 0 Å². The van der Waals surface area contributed by atoms with Gasteiger partial charge in [0.05, 0.1) is 19.3 Å². The molecule has 2 saturated heterocycles. The molecule has 0 bridgehead atoms. The van der Waals surface area contributed by atoms with Gasteiger partial charge in [-0.15, -0.1) is 0 Å². The number of aromatic hydroxyl groups is 1. The van der Waals surface area contributed by atoms with Gasteiger partial charge < -0.3 is 10.0 Å². The molecular formula is C20H24N4O3. The normalized spacial score (nSPS) is 21.1. The zero-order valence-electron chi connectivity index (χ0n) is 15.4. The second kappa shape index (κ2) is 7.54. The van der Waals surface area contributed by atoms with Gasteiger partial charge in [0.1, 0.15) is 17.6 Å². The van der Waals surface area contributed by atoms with E-state index in [1.165, 1.54) is 16.8 Å². The molecule has 0 radical (unpaired) electrons. The van der Waals surface area contributed by atoms with Crippen LogP contribution in [0.2, 0.25) is 0 Å². The van der Waals surface area contributed by atoms with Gasteiger partial charge in [-0.05, 0) is 24.6 Å². The number of pyridine rings is 1. The van der Waals surface area contributed by atoms with E-state index in [2.05, 4.69) is 14.8 Å². The lowest BCUT2D eigenvalue weighted by atomic mass is 10.1. The summed E-state index contributed by atoms with van der Waals surface area (Å²) in [4.78, 5) is 27.1. The summed E-state index contributed by atoms with van der Waals surface area (Å²) in [6.45, 7) is 6.07. The minimum atomic E-state index is -0.217. The predicted octanol–water partition coefficient (Wildman–Crippen LogP) is 1.56. The van der Waals surface area contributed by atoms with E-state index >= 15 is 0 Å². The molecule has 7 heteroatoms. The van der Waals surface area contributed by atoms with E-state index in [9.17, 15) is 9.90 Å². The van der Waals surface area contributed by atoms with Crippen LogP contribution in [-0.4, -0.2) is 64.8 Å². The molecule has 1 aromatic carbocycles. The number of rotatable bonds is 4. The highest BCUT2D eigenvalue weighted by Crippen LogP contribution is 2.21. The van der Waals surface area contributed by atoms with Crippen molar-refractivity contribution in [1.29, 1.82) is 0 Å². The third-order valence-corrected chi connectivity index (χ3v) is 5.18. The second-order valence-electron chi connectivity index (χ2n) is 7.07. The monoisotopic (exact) mass is 368 g/mol. The highest BCUT2D eigenvalue weighted by molar-refractivity contribution is 5.82. The maximum Gasteiger partial charge on any atom is 0.266 e. The number of carbonyl (C=O) groups is 1. The average molecular weight is 368 g/mol. The van der Waals surface area contributed by atoms with Crippen LogP contribution < -0.4 is 4.90 Å². The standard InChI is InChI=1S/C20H24N4O3/c1-15-2-4-16(5-3-15)13-24-20(26)18(14-27-24)22-8-10-23(11-9-22)19-7-6-17(25)12-21-19/h2-7,12,18,25H,8-11,13-14H2,1H3. The first kappa shape index (κ1) is 17.8. The maximum absolute atomic E-state index is 12.8. The van der Waals surface area contributed by atoms with E-state index in [0.29, 0.717) is 13.2 Å². The first-order valence-corrected chi connectivity index (χ1v) is 9.24. The lowest BCUT2D eigenvalue weighted by molar-refractivity contribution is -0.164. The molecule has 142 valence electrons. The van der Waals surface area contributed by atoms with Crippen molar-refractivity contribution in [3.8, 4) is 5.75 Å². The fraction of sp³-hybridized carbons (Fsp3) is 0.400. The SMILES string of the molecule is Cc1ccc(CN2OCC(N3CCN(c4ccc(O)cn4)CC3)C2=O)cc1. The Morgan fingerprint density at radius 3 is 2.52 bits per heavy atom. The average Bonchev–Trinajstić information content (AvgIpc) is 3.05. The molecule has 1 aromatic heterocycles. The van der Waals surface area contributed by atoms with Crippen molar-refractivity contribution in [2.24, 2.45) is 0 Å². The molecule has 2 aliphatic heterocycles. The van der Waals surface area contributed by atoms with Gasteiger partial charge in [-0.25, -0.2) is 10.0 Å². The fourth-order valence-electron chi connectivity index (χ4n) is 3.53. The second-order valence-corrected chi connectivity index (χ2v) is 7.07. The number of piperazine rings is 1. The number of anilines is 1. The first-order chi connectivity index (χ1) is 13.1.